The fraction of sp³-hybridized carbons (Fsp3) is 0.154. The van der Waals surface area contributed by atoms with Crippen molar-refractivity contribution in [2.45, 2.75) is 0 Å². The Morgan fingerprint density at radius 2 is 0.947 bits per heavy atom. The molecule has 0 aliphatic rings. The first-order valence-electron chi connectivity index (χ1n) is 11.5. The predicted octanol–water partition coefficient (Wildman–Crippen LogP) is 4.50. The van der Waals surface area contributed by atoms with Crippen LogP contribution in [0.25, 0.3) is 64.3 Å². The van der Waals surface area contributed by atoms with Gasteiger partial charge in [-0.3, -0.25) is 18.4 Å². The molecule has 2 aromatic carbocycles. The standard InChI is InChI=1S/C26H16N4O6S2/c1-33-17-13-11-12-14(22-28-24-10(6-8-38-24)30(22)25(31)15(12)19(17)35-3)18(34-2)20(36-4)16(11)26(32)29-9-5-7-37-23(9)27-21(13)29/h5-8H,1-4H3. The maximum absolute atomic E-state index is 14.2. The van der Waals surface area contributed by atoms with E-state index in [9.17, 15) is 9.59 Å². The van der Waals surface area contributed by atoms with Crippen molar-refractivity contribution in [3.63, 3.8) is 0 Å². The summed E-state index contributed by atoms with van der Waals surface area (Å²) in [6.45, 7) is 0. The molecule has 0 N–H and O–H groups in total. The monoisotopic (exact) mass is 544 g/mol. The topological polar surface area (TPSA) is 106 Å². The fourth-order valence-electron chi connectivity index (χ4n) is 5.86. The molecule has 0 spiro atoms. The van der Waals surface area contributed by atoms with E-state index in [1.165, 1.54) is 51.1 Å². The van der Waals surface area contributed by atoms with Crippen LogP contribution in [0.5, 0.6) is 23.0 Å². The van der Waals surface area contributed by atoms with E-state index in [0.717, 1.165) is 0 Å². The lowest BCUT2D eigenvalue weighted by atomic mass is 9.93. The highest BCUT2D eigenvalue weighted by atomic mass is 32.1. The number of benzene rings is 2. The molecule has 6 heterocycles. The highest BCUT2D eigenvalue weighted by molar-refractivity contribution is 7.17. The summed E-state index contributed by atoms with van der Waals surface area (Å²) in [6, 6.07) is 3.70. The fourth-order valence-corrected chi connectivity index (χ4v) is 7.35. The van der Waals surface area contributed by atoms with Gasteiger partial charge < -0.3 is 18.9 Å². The van der Waals surface area contributed by atoms with Crippen LogP contribution < -0.4 is 30.1 Å². The van der Waals surface area contributed by atoms with Crippen LogP contribution in [0.1, 0.15) is 0 Å². The van der Waals surface area contributed by atoms with Gasteiger partial charge in [0.25, 0.3) is 11.1 Å². The van der Waals surface area contributed by atoms with Crippen molar-refractivity contribution >= 4 is 87.0 Å². The molecule has 0 atom stereocenters. The number of aromatic nitrogens is 4. The largest absolute Gasteiger partial charge is 0.492 e. The van der Waals surface area contributed by atoms with Gasteiger partial charge in [-0.25, -0.2) is 9.97 Å². The number of nitrogens with zero attached hydrogens (tertiary/aromatic N) is 4. The second kappa shape index (κ2) is 7.11. The molecule has 0 saturated heterocycles. The number of rotatable bonds is 4. The summed E-state index contributed by atoms with van der Waals surface area (Å²) in [6.07, 6.45) is 0. The van der Waals surface area contributed by atoms with Gasteiger partial charge in [-0.15, -0.1) is 22.7 Å². The first-order chi connectivity index (χ1) is 18.5. The molecule has 0 amide bonds. The van der Waals surface area contributed by atoms with Crippen LogP contribution in [-0.2, 0) is 0 Å². The van der Waals surface area contributed by atoms with Gasteiger partial charge in [0.15, 0.2) is 34.3 Å². The van der Waals surface area contributed by atoms with Gasteiger partial charge in [-0.05, 0) is 22.9 Å². The quantitative estimate of drug-likeness (QED) is 0.298. The average Bonchev–Trinajstić information content (AvgIpc) is 3.69. The molecule has 0 aliphatic heterocycles. The van der Waals surface area contributed by atoms with Crippen LogP contribution in [0.4, 0.5) is 0 Å². The Morgan fingerprint density at radius 3 is 1.32 bits per heavy atom. The Morgan fingerprint density at radius 1 is 0.579 bits per heavy atom. The number of ether oxygens (including phenoxy) is 4. The van der Waals surface area contributed by atoms with Gasteiger partial charge in [-0.2, -0.15) is 0 Å². The lowest BCUT2D eigenvalue weighted by Gasteiger charge is -2.21. The molecule has 12 heteroatoms. The van der Waals surface area contributed by atoms with Crippen LogP contribution in [0.15, 0.2) is 32.5 Å². The van der Waals surface area contributed by atoms with Crippen LogP contribution in [0, 0.1) is 0 Å². The molecule has 8 rings (SSSR count). The second-order valence-corrected chi connectivity index (χ2v) is 10.5. The number of imidazole rings is 2. The molecular formula is C26H16N4O6S2. The Balaban J connectivity index is 1.87. The first kappa shape index (κ1) is 21.6. The summed E-state index contributed by atoms with van der Waals surface area (Å²) < 4.78 is 26.7. The maximum atomic E-state index is 14.2. The van der Waals surface area contributed by atoms with E-state index < -0.39 is 0 Å². The minimum Gasteiger partial charge on any atom is -0.492 e. The van der Waals surface area contributed by atoms with Gasteiger partial charge in [0.05, 0.1) is 61.0 Å². The van der Waals surface area contributed by atoms with Gasteiger partial charge in [0.1, 0.15) is 9.66 Å². The summed E-state index contributed by atoms with van der Waals surface area (Å²) in [5.41, 5.74) is 1.48. The number of thiophene rings is 2. The minimum atomic E-state index is -0.337. The van der Waals surface area contributed by atoms with Crippen LogP contribution in [-0.4, -0.2) is 47.2 Å². The normalized spacial score (nSPS) is 12.4. The van der Waals surface area contributed by atoms with E-state index in [1.807, 2.05) is 22.9 Å². The Labute approximate surface area is 219 Å². The van der Waals surface area contributed by atoms with Crippen molar-refractivity contribution in [2.75, 3.05) is 28.4 Å². The van der Waals surface area contributed by atoms with E-state index in [2.05, 4.69) is 0 Å². The molecule has 0 fully saturated rings. The highest BCUT2D eigenvalue weighted by Crippen LogP contribution is 2.53. The lowest BCUT2D eigenvalue weighted by Crippen LogP contribution is -2.19. The third-order valence-electron chi connectivity index (χ3n) is 7.24. The molecule has 38 heavy (non-hydrogen) atoms. The van der Waals surface area contributed by atoms with Gasteiger partial charge in [0.2, 0.25) is 0 Å². The molecule has 0 saturated carbocycles. The van der Waals surface area contributed by atoms with Crippen LogP contribution >= 0.6 is 22.7 Å². The SMILES string of the molecule is COc1c(OC)c2c3c(c(OC)c(OC)c4c3c1c(=O)n1c3ccsc3nc41)c(=O)n1c3ccsc3nc21. The van der Waals surface area contributed by atoms with Crippen molar-refractivity contribution in [3.05, 3.63) is 43.6 Å². The maximum Gasteiger partial charge on any atom is 0.268 e. The first-order valence-corrected chi connectivity index (χ1v) is 13.2. The molecule has 8 aromatic rings. The van der Waals surface area contributed by atoms with Crippen molar-refractivity contribution in [1.29, 1.82) is 0 Å². The molecule has 188 valence electrons. The van der Waals surface area contributed by atoms with E-state index in [4.69, 9.17) is 28.9 Å². The number of fused-ring (bicyclic) bond motifs is 8. The number of pyridine rings is 2. The number of hydrogen-bond donors (Lipinski definition) is 0. The zero-order valence-electron chi connectivity index (χ0n) is 20.4. The third kappa shape index (κ3) is 2.21. The molecule has 0 bridgehead atoms. The van der Waals surface area contributed by atoms with E-state index >= 15 is 0 Å². The molecule has 0 radical (unpaired) electrons. The molecule has 6 aromatic heterocycles. The van der Waals surface area contributed by atoms with E-state index in [1.54, 1.807) is 8.80 Å². The lowest BCUT2D eigenvalue weighted by molar-refractivity contribution is 0.360. The number of methoxy groups -OCH3 is 4. The van der Waals surface area contributed by atoms with Crippen molar-refractivity contribution < 1.29 is 18.9 Å². The summed E-state index contributed by atoms with van der Waals surface area (Å²) in [7, 11) is 6.00. The minimum absolute atomic E-state index is 0.245. The van der Waals surface area contributed by atoms with E-state index in [0.29, 0.717) is 65.0 Å². The zero-order chi connectivity index (χ0) is 26.0. The molecular weight excluding hydrogens is 528 g/mol. The van der Waals surface area contributed by atoms with Crippen LogP contribution in [0.3, 0.4) is 0 Å². The van der Waals surface area contributed by atoms with Gasteiger partial charge in [-0.1, -0.05) is 0 Å². The second-order valence-electron chi connectivity index (χ2n) is 8.76. The Hall–Kier alpha value is -4.42. The smallest absolute Gasteiger partial charge is 0.268 e. The zero-order valence-corrected chi connectivity index (χ0v) is 22.0. The van der Waals surface area contributed by atoms with E-state index in [-0.39, 0.29) is 33.4 Å². The Bertz CT molecular complexity index is 2230. The summed E-state index contributed by atoms with van der Waals surface area (Å²) in [4.78, 5) is 39.5. The average molecular weight is 545 g/mol. The van der Waals surface area contributed by atoms with Crippen LogP contribution in [0.2, 0.25) is 0 Å². The molecule has 0 aliphatic carbocycles. The van der Waals surface area contributed by atoms with Crippen molar-refractivity contribution in [1.82, 2.24) is 18.8 Å². The summed E-state index contributed by atoms with van der Waals surface area (Å²) in [5.74, 6) is 1.10. The van der Waals surface area contributed by atoms with Crippen molar-refractivity contribution in [3.8, 4) is 23.0 Å². The van der Waals surface area contributed by atoms with Gasteiger partial charge >= 0.3 is 0 Å². The van der Waals surface area contributed by atoms with Gasteiger partial charge in [0, 0.05) is 10.8 Å². The molecule has 0 unspecified atom stereocenters. The summed E-state index contributed by atoms with van der Waals surface area (Å²) >= 11 is 2.86. The van der Waals surface area contributed by atoms with Crippen molar-refractivity contribution in [2.24, 2.45) is 0 Å². The molecule has 10 nitrogen and oxygen atoms in total. The predicted molar refractivity (Wildman–Crippen MR) is 148 cm³/mol. The Kier molecular flexibility index (Phi) is 4.05. The summed E-state index contributed by atoms with van der Waals surface area (Å²) in [5, 5.41) is 6.34. The highest BCUT2D eigenvalue weighted by Gasteiger charge is 2.34. The third-order valence-corrected chi connectivity index (χ3v) is 8.83. The number of hydrogen-bond acceptors (Lipinski definition) is 10.